The molecule has 0 spiro atoms. The van der Waals surface area contributed by atoms with Crippen molar-refractivity contribution in [1.82, 2.24) is 4.90 Å². The molecule has 1 aromatic carbocycles. The van der Waals surface area contributed by atoms with Crippen LogP contribution in [0.3, 0.4) is 0 Å². The molecule has 3 nitrogen and oxygen atoms in total. The van der Waals surface area contributed by atoms with Gasteiger partial charge in [-0.1, -0.05) is 12.1 Å². The van der Waals surface area contributed by atoms with Gasteiger partial charge < -0.3 is 9.84 Å². The molecule has 3 rings (SSSR count). The molecule has 2 aliphatic rings. The summed E-state index contributed by atoms with van der Waals surface area (Å²) in [4.78, 5) is 2.44. The lowest BCUT2D eigenvalue weighted by atomic mass is 10.1. The van der Waals surface area contributed by atoms with Gasteiger partial charge >= 0.3 is 0 Å². The van der Waals surface area contributed by atoms with Crippen LogP contribution >= 0.6 is 0 Å². The Morgan fingerprint density at radius 1 is 1.25 bits per heavy atom. The lowest BCUT2D eigenvalue weighted by molar-refractivity contribution is 0.0160. The highest BCUT2D eigenvalue weighted by molar-refractivity contribution is 5.44. The van der Waals surface area contributed by atoms with E-state index in [4.69, 9.17) is 4.74 Å². The summed E-state index contributed by atoms with van der Waals surface area (Å²) in [5, 5.41) is 9.97. The number of ether oxygens (including phenoxy) is 1. The summed E-state index contributed by atoms with van der Waals surface area (Å²) in [6, 6.07) is 6.28. The SMILES string of the molecule is Oc1cccc2c1C(N1CCOCC1)CC2. The molecular weight excluding hydrogens is 202 g/mol. The first-order valence-corrected chi connectivity index (χ1v) is 5.99. The molecule has 1 atom stereocenters. The predicted octanol–water partition coefficient (Wildman–Crippen LogP) is 1.71. The van der Waals surface area contributed by atoms with Gasteiger partial charge in [-0.25, -0.2) is 0 Å². The third-order valence-corrected chi connectivity index (χ3v) is 3.68. The first kappa shape index (κ1) is 10.1. The number of phenolic OH excluding ortho intramolecular Hbond substituents is 1. The molecule has 0 bridgehead atoms. The van der Waals surface area contributed by atoms with E-state index >= 15 is 0 Å². The molecule has 1 aromatic rings. The van der Waals surface area contributed by atoms with Crippen molar-refractivity contribution < 1.29 is 9.84 Å². The van der Waals surface area contributed by atoms with E-state index in [-0.39, 0.29) is 0 Å². The van der Waals surface area contributed by atoms with Crippen LogP contribution in [0.5, 0.6) is 5.75 Å². The summed E-state index contributed by atoms with van der Waals surface area (Å²) >= 11 is 0. The van der Waals surface area contributed by atoms with Crippen molar-refractivity contribution in [2.75, 3.05) is 26.3 Å². The zero-order chi connectivity index (χ0) is 11.0. The van der Waals surface area contributed by atoms with Gasteiger partial charge in [0.2, 0.25) is 0 Å². The zero-order valence-corrected chi connectivity index (χ0v) is 9.35. The van der Waals surface area contributed by atoms with Gasteiger partial charge in [-0.05, 0) is 24.5 Å². The Balaban J connectivity index is 1.89. The molecule has 3 heteroatoms. The summed E-state index contributed by atoms with van der Waals surface area (Å²) in [6.07, 6.45) is 2.22. The molecular formula is C13H17NO2. The van der Waals surface area contributed by atoms with Gasteiger partial charge in [0.15, 0.2) is 0 Å². The minimum atomic E-state index is 0.403. The fourth-order valence-electron chi connectivity index (χ4n) is 2.89. The van der Waals surface area contributed by atoms with Crippen LogP contribution in [0.4, 0.5) is 0 Å². The molecule has 1 heterocycles. The first-order valence-electron chi connectivity index (χ1n) is 5.99. The average molecular weight is 219 g/mol. The third kappa shape index (κ3) is 1.60. The van der Waals surface area contributed by atoms with Crippen LogP contribution in [-0.2, 0) is 11.2 Å². The van der Waals surface area contributed by atoms with Crippen molar-refractivity contribution in [2.24, 2.45) is 0 Å². The van der Waals surface area contributed by atoms with Gasteiger partial charge in [-0.3, -0.25) is 4.90 Å². The quantitative estimate of drug-likeness (QED) is 0.780. The van der Waals surface area contributed by atoms with Gasteiger partial charge in [-0.15, -0.1) is 0 Å². The van der Waals surface area contributed by atoms with Crippen molar-refractivity contribution in [2.45, 2.75) is 18.9 Å². The van der Waals surface area contributed by atoms with E-state index in [0.29, 0.717) is 11.8 Å². The van der Waals surface area contributed by atoms with Crippen LogP contribution in [0.25, 0.3) is 0 Å². The minimum absolute atomic E-state index is 0.403. The van der Waals surface area contributed by atoms with Crippen molar-refractivity contribution in [3.63, 3.8) is 0 Å². The smallest absolute Gasteiger partial charge is 0.120 e. The highest BCUT2D eigenvalue weighted by atomic mass is 16.5. The number of aryl methyl sites for hydroxylation is 1. The maximum atomic E-state index is 9.97. The number of hydrogen-bond acceptors (Lipinski definition) is 3. The van der Waals surface area contributed by atoms with E-state index in [9.17, 15) is 5.11 Å². The van der Waals surface area contributed by atoms with E-state index in [1.165, 1.54) is 5.56 Å². The Morgan fingerprint density at radius 2 is 2.06 bits per heavy atom. The lowest BCUT2D eigenvalue weighted by Crippen LogP contribution is -2.38. The standard InChI is InChI=1S/C13H17NO2/c15-12-3-1-2-10-4-5-11(13(10)12)14-6-8-16-9-7-14/h1-3,11,15H,4-9H2. The van der Waals surface area contributed by atoms with Crippen molar-refractivity contribution in [3.8, 4) is 5.75 Å². The number of aromatic hydroxyl groups is 1. The number of phenols is 1. The summed E-state index contributed by atoms with van der Waals surface area (Å²) < 4.78 is 5.37. The molecule has 1 unspecified atom stereocenters. The van der Waals surface area contributed by atoms with Gasteiger partial charge in [0.25, 0.3) is 0 Å². The van der Waals surface area contributed by atoms with E-state index < -0.39 is 0 Å². The molecule has 0 radical (unpaired) electrons. The zero-order valence-electron chi connectivity index (χ0n) is 9.35. The van der Waals surface area contributed by atoms with Gasteiger partial charge in [0, 0.05) is 24.7 Å². The lowest BCUT2D eigenvalue weighted by Gasteiger charge is -2.32. The number of morpholine rings is 1. The van der Waals surface area contributed by atoms with Crippen LogP contribution in [0, 0.1) is 0 Å². The third-order valence-electron chi connectivity index (χ3n) is 3.68. The number of benzene rings is 1. The molecule has 0 saturated carbocycles. The number of fused-ring (bicyclic) bond motifs is 1. The van der Waals surface area contributed by atoms with Crippen LogP contribution in [-0.4, -0.2) is 36.3 Å². The number of nitrogens with zero attached hydrogens (tertiary/aromatic N) is 1. The van der Waals surface area contributed by atoms with Crippen molar-refractivity contribution in [1.29, 1.82) is 0 Å². The first-order chi connectivity index (χ1) is 7.86. The van der Waals surface area contributed by atoms with Crippen LogP contribution in [0.1, 0.15) is 23.6 Å². The van der Waals surface area contributed by atoms with E-state index in [1.807, 2.05) is 6.07 Å². The van der Waals surface area contributed by atoms with Gasteiger partial charge in [0.1, 0.15) is 5.75 Å². The second-order valence-electron chi connectivity index (χ2n) is 4.55. The van der Waals surface area contributed by atoms with Crippen LogP contribution in [0.2, 0.25) is 0 Å². The Kier molecular flexibility index (Phi) is 2.58. The van der Waals surface area contributed by atoms with E-state index in [0.717, 1.165) is 44.7 Å². The predicted molar refractivity (Wildman–Crippen MR) is 61.6 cm³/mol. The average Bonchev–Trinajstić information content (AvgIpc) is 2.75. The number of rotatable bonds is 1. The molecule has 16 heavy (non-hydrogen) atoms. The van der Waals surface area contributed by atoms with Crippen molar-refractivity contribution in [3.05, 3.63) is 29.3 Å². The monoisotopic (exact) mass is 219 g/mol. The Bertz CT molecular complexity index is 386. The largest absolute Gasteiger partial charge is 0.508 e. The fraction of sp³-hybridized carbons (Fsp3) is 0.538. The number of hydrogen-bond donors (Lipinski definition) is 1. The molecule has 0 amide bonds. The van der Waals surface area contributed by atoms with Gasteiger partial charge in [-0.2, -0.15) is 0 Å². The van der Waals surface area contributed by atoms with E-state index in [1.54, 1.807) is 6.07 Å². The summed E-state index contributed by atoms with van der Waals surface area (Å²) in [7, 11) is 0. The highest BCUT2D eigenvalue weighted by Crippen LogP contribution is 2.40. The minimum Gasteiger partial charge on any atom is -0.508 e. The van der Waals surface area contributed by atoms with Crippen LogP contribution in [0.15, 0.2) is 18.2 Å². The Hall–Kier alpha value is -1.06. The van der Waals surface area contributed by atoms with Crippen molar-refractivity contribution >= 4 is 0 Å². The second kappa shape index (κ2) is 4.07. The van der Waals surface area contributed by atoms with Crippen LogP contribution < -0.4 is 0 Å². The maximum absolute atomic E-state index is 9.97. The molecule has 86 valence electrons. The topological polar surface area (TPSA) is 32.7 Å². The summed E-state index contributed by atoms with van der Waals surface area (Å²) in [6.45, 7) is 3.61. The fourth-order valence-corrected chi connectivity index (χ4v) is 2.89. The molecule has 1 fully saturated rings. The highest BCUT2D eigenvalue weighted by Gasteiger charge is 2.30. The normalized spacial score (nSPS) is 25.6. The Labute approximate surface area is 95.6 Å². The molecule has 1 aliphatic heterocycles. The maximum Gasteiger partial charge on any atom is 0.120 e. The van der Waals surface area contributed by atoms with Gasteiger partial charge in [0.05, 0.1) is 13.2 Å². The van der Waals surface area contributed by atoms with E-state index in [2.05, 4.69) is 11.0 Å². The molecule has 1 saturated heterocycles. The summed E-state index contributed by atoms with van der Waals surface area (Å²) in [5.41, 5.74) is 2.47. The molecule has 1 aliphatic carbocycles. The molecule has 0 aromatic heterocycles. The second-order valence-corrected chi connectivity index (χ2v) is 4.55. The Morgan fingerprint density at radius 3 is 2.88 bits per heavy atom. The summed E-state index contributed by atoms with van der Waals surface area (Å²) in [5.74, 6) is 0.464. The molecule has 1 N–H and O–H groups in total.